The van der Waals surface area contributed by atoms with E-state index in [1.807, 2.05) is 0 Å². The summed E-state index contributed by atoms with van der Waals surface area (Å²) in [6, 6.07) is 0. The van der Waals surface area contributed by atoms with Crippen molar-refractivity contribution >= 4 is 41.5 Å². The molecule has 1 aliphatic rings. The van der Waals surface area contributed by atoms with E-state index in [-0.39, 0.29) is 13.2 Å². The predicted molar refractivity (Wildman–Crippen MR) is 122 cm³/mol. The van der Waals surface area contributed by atoms with Crippen LogP contribution >= 0.6 is 11.8 Å². The Hall–Kier alpha value is -2.55. The summed E-state index contributed by atoms with van der Waals surface area (Å²) in [5.41, 5.74) is -0.883. The summed E-state index contributed by atoms with van der Waals surface area (Å²) in [7, 11) is 0. The Morgan fingerprint density at radius 3 is 1.86 bits per heavy atom. The zero-order valence-electron chi connectivity index (χ0n) is 21.0. The summed E-state index contributed by atoms with van der Waals surface area (Å²) in [6.45, 7) is 4.16. The maximum Gasteiger partial charge on any atom is 0.471 e. The number of ether oxygens (including phenoxy) is 5. The van der Waals surface area contributed by atoms with Gasteiger partial charge in [0, 0.05) is 34.2 Å². The highest BCUT2D eigenvalue weighted by Crippen LogP contribution is 2.34. The first-order chi connectivity index (χ1) is 17.2. The molecule has 1 N–H and O–H groups in total. The number of amides is 1. The van der Waals surface area contributed by atoms with Crippen LogP contribution in [0, 0.1) is 0 Å². The van der Waals surface area contributed by atoms with Crippen LogP contribution in [0.15, 0.2) is 0 Å². The third-order valence-electron chi connectivity index (χ3n) is 4.84. The smallest absolute Gasteiger partial charge is 0.463 e. The third kappa shape index (κ3) is 12.5. The van der Waals surface area contributed by atoms with Gasteiger partial charge in [-0.15, -0.1) is 11.8 Å². The normalized spacial score (nSPS) is 23.5. The zero-order valence-corrected chi connectivity index (χ0v) is 21.8. The monoisotopic (exact) mass is 559 g/mol. The van der Waals surface area contributed by atoms with Crippen LogP contribution in [-0.4, -0.2) is 84.7 Å². The highest BCUT2D eigenvalue weighted by atomic mass is 32.2. The molecule has 5 atom stereocenters. The molecule has 1 saturated heterocycles. The first-order valence-corrected chi connectivity index (χ1v) is 12.5. The number of hydrogen-bond donors (Lipinski definition) is 1. The summed E-state index contributed by atoms with van der Waals surface area (Å²) in [5.74, 6) is -4.29. The quantitative estimate of drug-likeness (QED) is 0.201. The van der Waals surface area contributed by atoms with Gasteiger partial charge in [0.05, 0.1) is 0 Å². The van der Waals surface area contributed by atoms with Crippen molar-refractivity contribution in [3.05, 3.63) is 0 Å². The maximum absolute atomic E-state index is 12.2. The van der Waals surface area contributed by atoms with Gasteiger partial charge in [0.2, 0.25) is 0 Å². The van der Waals surface area contributed by atoms with Crippen LogP contribution < -0.4 is 5.32 Å². The van der Waals surface area contributed by atoms with Crippen molar-refractivity contribution in [2.24, 2.45) is 0 Å². The average Bonchev–Trinajstić information content (AvgIpc) is 2.76. The predicted octanol–water partition coefficient (Wildman–Crippen LogP) is 2.04. The molecule has 0 saturated carbocycles. The van der Waals surface area contributed by atoms with Crippen molar-refractivity contribution in [1.29, 1.82) is 0 Å². The van der Waals surface area contributed by atoms with Crippen LogP contribution in [0.5, 0.6) is 0 Å². The number of carbonyl (C=O) groups excluding carboxylic acids is 5. The van der Waals surface area contributed by atoms with Gasteiger partial charge in [-0.05, 0) is 18.6 Å². The number of unbranched alkanes of at least 4 members (excludes halogenated alkanes) is 3. The SMILES string of the molecule is CC(=O)OC[C@H]1O[C@@H](SCCCCCCNC(=O)C(F)(F)F)[C@H](OC(C)=O)[C@@H](OC(C)=O)[C@@H]1OC(C)=O. The maximum atomic E-state index is 12.2. The number of hydrogen-bond acceptors (Lipinski definition) is 11. The molecule has 1 fully saturated rings. The van der Waals surface area contributed by atoms with E-state index in [0.29, 0.717) is 31.4 Å². The summed E-state index contributed by atoms with van der Waals surface area (Å²) in [4.78, 5) is 57.5. The minimum absolute atomic E-state index is 0.106. The molecule has 1 amide bonds. The second-order valence-electron chi connectivity index (χ2n) is 8.11. The number of alkyl halides is 3. The van der Waals surface area contributed by atoms with Gasteiger partial charge in [0.25, 0.3) is 0 Å². The van der Waals surface area contributed by atoms with Gasteiger partial charge in [0.15, 0.2) is 18.3 Å². The van der Waals surface area contributed by atoms with Crippen LogP contribution in [-0.2, 0) is 47.7 Å². The third-order valence-corrected chi connectivity index (χ3v) is 6.08. The fraction of sp³-hybridized carbons (Fsp3) is 0.773. The summed E-state index contributed by atoms with van der Waals surface area (Å²) < 4.78 is 63.5. The first kappa shape index (κ1) is 32.5. The number of halogens is 3. The highest BCUT2D eigenvalue weighted by molar-refractivity contribution is 7.99. The Balaban J connectivity index is 2.82. The molecule has 0 aromatic rings. The van der Waals surface area contributed by atoms with Crippen molar-refractivity contribution in [2.75, 3.05) is 18.9 Å². The molecule has 0 aromatic carbocycles. The molecule has 0 aliphatic carbocycles. The molecule has 1 rings (SSSR count). The van der Waals surface area contributed by atoms with Crippen LogP contribution in [0.4, 0.5) is 13.2 Å². The molecule has 15 heteroatoms. The lowest BCUT2D eigenvalue weighted by atomic mass is 9.99. The van der Waals surface area contributed by atoms with Crippen molar-refractivity contribution in [3.8, 4) is 0 Å². The van der Waals surface area contributed by atoms with E-state index in [1.54, 1.807) is 5.32 Å². The largest absolute Gasteiger partial charge is 0.471 e. The lowest BCUT2D eigenvalue weighted by Gasteiger charge is -2.44. The Morgan fingerprint density at radius 1 is 0.784 bits per heavy atom. The molecule has 0 aromatic heterocycles. The Kier molecular flexibility index (Phi) is 13.7. The van der Waals surface area contributed by atoms with E-state index in [2.05, 4.69) is 0 Å². The molecule has 212 valence electrons. The van der Waals surface area contributed by atoms with Crippen LogP contribution in [0.3, 0.4) is 0 Å². The lowest BCUT2D eigenvalue weighted by molar-refractivity contribution is -0.237. The van der Waals surface area contributed by atoms with Gasteiger partial charge in [-0.25, -0.2) is 0 Å². The molecular weight excluding hydrogens is 527 g/mol. The van der Waals surface area contributed by atoms with Gasteiger partial charge < -0.3 is 29.0 Å². The molecular formula is C22H32F3NO10S. The van der Waals surface area contributed by atoms with E-state index in [0.717, 1.165) is 20.8 Å². The molecule has 1 aliphatic heterocycles. The minimum atomic E-state index is -4.92. The fourth-order valence-electron chi connectivity index (χ4n) is 3.41. The Labute approximate surface area is 216 Å². The summed E-state index contributed by atoms with van der Waals surface area (Å²) in [5, 5.41) is 1.80. The molecule has 37 heavy (non-hydrogen) atoms. The van der Waals surface area contributed by atoms with Gasteiger partial charge in [-0.2, -0.15) is 13.2 Å². The van der Waals surface area contributed by atoms with E-state index in [4.69, 9.17) is 23.7 Å². The number of esters is 4. The van der Waals surface area contributed by atoms with Gasteiger partial charge in [-0.1, -0.05) is 12.8 Å². The molecule has 1 heterocycles. The first-order valence-electron chi connectivity index (χ1n) is 11.5. The molecule has 0 spiro atoms. The number of nitrogens with one attached hydrogen (secondary N) is 1. The Bertz CT molecular complexity index is 810. The standard InChI is InChI=1S/C22H32F3NO10S/c1-12(27)32-11-16-17(33-13(2)28)18(34-14(3)29)19(35-15(4)30)20(36-16)37-10-8-6-5-7-9-26-21(31)22(23,24)25/h16-20H,5-11H2,1-4H3,(H,26,31)/t16-,17-,18+,19-,20+/m1/s1. The van der Waals surface area contributed by atoms with Crippen LogP contribution in [0.25, 0.3) is 0 Å². The molecule has 0 bridgehead atoms. The van der Waals surface area contributed by atoms with Crippen molar-refractivity contribution in [3.63, 3.8) is 0 Å². The number of rotatable bonds is 13. The van der Waals surface area contributed by atoms with Crippen molar-refractivity contribution in [1.82, 2.24) is 5.32 Å². The zero-order chi connectivity index (χ0) is 28.2. The molecule has 0 unspecified atom stereocenters. The van der Waals surface area contributed by atoms with E-state index < -0.39 is 65.8 Å². The topological polar surface area (TPSA) is 144 Å². The summed E-state index contributed by atoms with van der Waals surface area (Å²) in [6.07, 6.45) is -7.43. The van der Waals surface area contributed by atoms with Crippen molar-refractivity contribution < 1.29 is 60.8 Å². The van der Waals surface area contributed by atoms with Gasteiger partial charge in [0.1, 0.15) is 18.1 Å². The highest BCUT2D eigenvalue weighted by Gasteiger charge is 2.52. The second-order valence-corrected chi connectivity index (χ2v) is 9.31. The second kappa shape index (κ2) is 15.6. The Morgan fingerprint density at radius 2 is 1.32 bits per heavy atom. The van der Waals surface area contributed by atoms with Gasteiger partial charge in [-0.3, -0.25) is 24.0 Å². The van der Waals surface area contributed by atoms with E-state index >= 15 is 0 Å². The fourth-order valence-corrected chi connectivity index (χ4v) is 4.63. The number of thioether (sulfide) groups is 1. The average molecular weight is 560 g/mol. The van der Waals surface area contributed by atoms with E-state index in [1.165, 1.54) is 18.7 Å². The van der Waals surface area contributed by atoms with Crippen LogP contribution in [0.1, 0.15) is 53.4 Å². The van der Waals surface area contributed by atoms with Crippen molar-refractivity contribution in [2.45, 2.75) is 89.4 Å². The number of carbonyl (C=O) groups is 5. The van der Waals surface area contributed by atoms with Gasteiger partial charge >= 0.3 is 36.0 Å². The molecule has 0 radical (unpaired) electrons. The van der Waals surface area contributed by atoms with Crippen LogP contribution in [0.2, 0.25) is 0 Å². The van der Waals surface area contributed by atoms with E-state index in [9.17, 15) is 37.1 Å². The summed E-state index contributed by atoms with van der Waals surface area (Å²) >= 11 is 1.22. The molecule has 11 nitrogen and oxygen atoms in total. The minimum Gasteiger partial charge on any atom is -0.463 e. The lowest BCUT2D eigenvalue weighted by Crippen LogP contribution is -2.61.